The molecule has 0 unspecified atom stereocenters. The maximum absolute atomic E-state index is 13.3. The molecular formula is C26H23F3N4OS. The lowest BCUT2D eigenvalue weighted by Gasteiger charge is -2.13. The van der Waals surface area contributed by atoms with Crippen LogP contribution in [0, 0.1) is 0 Å². The van der Waals surface area contributed by atoms with Crippen LogP contribution in [0.2, 0.25) is 0 Å². The van der Waals surface area contributed by atoms with Crippen LogP contribution in [0.1, 0.15) is 24.0 Å². The van der Waals surface area contributed by atoms with Gasteiger partial charge in [-0.05, 0) is 30.2 Å². The van der Waals surface area contributed by atoms with Crippen molar-refractivity contribution in [1.29, 1.82) is 0 Å². The first-order chi connectivity index (χ1) is 16.9. The van der Waals surface area contributed by atoms with Gasteiger partial charge in [-0.25, -0.2) is 0 Å². The highest BCUT2D eigenvalue weighted by atomic mass is 32.2. The van der Waals surface area contributed by atoms with Gasteiger partial charge in [-0.2, -0.15) is 13.2 Å². The third kappa shape index (κ3) is 6.51. The van der Waals surface area contributed by atoms with E-state index < -0.39 is 11.7 Å². The number of nitrogens with one attached hydrogen (secondary N) is 1. The molecule has 1 amide bonds. The van der Waals surface area contributed by atoms with E-state index in [0.717, 1.165) is 23.3 Å². The van der Waals surface area contributed by atoms with Crippen LogP contribution in [0.5, 0.6) is 0 Å². The highest BCUT2D eigenvalue weighted by Crippen LogP contribution is 2.33. The summed E-state index contributed by atoms with van der Waals surface area (Å²) in [5.74, 6) is 0.955. The van der Waals surface area contributed by atoms with Crippen LogP contribution in [-0.4, -0.2) is 26.4 Å². The molecule has 180 valence electrons. The van der Waals surface area contributed by atoms with Crippen molar-refractivity contribution in [1.82, 2.24) is 20.1 Å². The van der Waals surface area contributed by atoms with E-state index in [9.17, 15) is 18.0 Å². The van der Waals surface area contributed by atoms with Crippen LogP contribution < -0.4 is 5.32 Å². The number of carbonyl (C=O) groups excluding carboxylic acids is 1. The smallest absolute Gasteiger partial charge is 0.352 e. The highest BCUT2D eigenvalue weighted by molar-refractivity contribution is 7.99. The number of rotatable bonds is 9. The second-order valence-electron chi connectivity index (χ2n) is 7.77. The highest BCUT2D eigenvalue weighted by Gasteiger charge is 2.31. The molecule has 0 atom stereocenters. The van der Waals surface area contributed by atoms with Gasteiger partial charge in [0.2, 0.25) is 5.91 Å². The Labute approximate surface area is 205 Å². The second kappa shape index (κ2) is 11.2. The minimum atomic E-state index is -4.46. The van der Waals surface area contributed by atoms with E-state index in [1.54, 1.807) is 10.6 Å². The number of benzene rings is 3. The molecular weight excluding hydrogens is 473 g/mol. The predicted octanol–water partition coefficient (Wildman–Crippen LogP) is 6.14. The molecule has 1 heterocycles. The lowest BCUT2D eigenvalue weighted by molar-refractivity contribution is -0.137. The molecule has 0 saturated carbocycles. The van der Waals surface area contributed by atoms with Crippen LogP contribution in [0.15, 0.2) is 90.1 Å². The van der Waals surface area contributed by atoms with Crippen LogP contribution in [0.3, 0.4) is 0 Å². The van der Waals surface area contributed by atoms with E-state index in [-0.39, 0.29) is 5.91 Å². The molecule has 5 nitrogen and oxygen atoms in total. The van der Waals surface area contributed by atoms with Gasteiger partial charge in [-0.15, -0.1) is 10.2 Å². The lowest BCUT2D eigenvalue weighted by Crippen LogP contribution is -2.22. The Morgan fingerprint density at radius 3 is 2.34 bits per heavy atom. The molecule has 0 bridgehead atoms. The molecule has 1 aromatic heterocycles. The number of alkyl halides is 3. The number of carbonyl (C=O) groups is 1. The molecule has 4 rings (SSSR count). The van der Waals surface area contributed by atoms with Crippen LogP contribution in [-0.2, 0) is 17.5 Å². The van der Waals surface area contributed by atoms with E-state index >= 15 is 0 Å². The molecule has 0 aliphatic rings. The van der Waals surface area contributed by atoms with E-state index in [0.29, 0.717) is 41.8 Å². The molecule has 9 heteroatoms. The fourth-order valence-corrected chi connectivity index (χ4v) is 4.36. The second-order valence-corrected chi connectivity index (χ2v) is 8.83. The summed E-state index contributed by atoms with van der Waals surface area (Å²) in [6.45, 7) is 0.469. The number of hydrogen-bond donors (Lipinski definition) is 1. The number of thioether (sulfide) groups is 1. The molecule has 0 aliphatic heterocycles. The minimum absolute atomic E-state index is 0.0567. The van der Waals surface area contributed by atoms with Gasteiger partial charge in [-0.1, -0.05) is 78.5 Å². The summed E-state index contributed by atoms with van der Waals surface area (Å²) in [4.78, 5) is 12.2. The van der Waals surface area contributed by atoms with Gasteiger partial charge in [0, 0.05) is 24.3 Å². The van der Waals surface area contributed by atoms with Crippen molar-refractivity contribution < 1.29 is 18.0 Å². The van der Waals surface area contributed by atoms with Gasteiger partial charge in [0.25, 0.3) is 0 Å². The molecule has 0 saturated heterocycles. The third-order valence-corrected chi connectivity index (χ3v) is 6.22. The van der Waals surface area contributed by atoms with E-state index in [2.05, 4.69) is 15.5 Å². The van der Waals surface area contributed by atoms with Crippen molar-refractivity contribution in [2.45, 2.75) is 30.7 Å². The predicted molar refractivity (Wildman–Crippen MR) is 130 cm³/mol. The molecule has 0 fully saturated rings. The summed E-state index contributed by atoms with van der Waals surface area (Å²) >= 11 is 1.36. The van der Waals surface area contributed by atoms with E-state index in [1.165, 1.54) is 17.8 Å². The largest absolute Gasteiger partial charge is 0.416 e. The Balaban J connectivity index is 1.46. The monoisotopic (exact) mass is 496 g/mol. The first-order valence-corrected chi connectivity index (χ1v) is 12.0. The van der Waals surface area contributed by atoms with Crippen molar-refractivity contribution >= 4 is 17.7 Å². The molecule has 3 aromatic carbocycles. The Morgan fingerprint density at radius 1 is 0.914 bits per heavy atom. The average Bonchev–Trinajstić information content (AvgIpc) is 3.30. The summed E-state index contributed by atoms with van der Waals surface area (Å²) in [6, 6.07) is 23.9. The fraction of sp³-hybridized carbons (Fsp3) is 0.192. The average molecular weight is 497 g/mol. The molecule has 0 spiro atoms. The zero-order valence-electron chi connectivity index (χ0n) is 18.7. The third-order valence-electron chi connectivity index (χ3n) is 5.21. The maximum Gasteiger partial charge on any atom is 0.416 e. The molecule has 35 heavy (non-hydrogen) atoms. The summed E-state index contributed by atoms with van der Waals surface area (Å²) in [5.41, 5.74) is 1.35. The first-order valence-electron chi connectivity index (χ1n) is 11.0. The van der Waals surface area contributed by atoms with Gasteiger partial charge in [0.1, 0.15) is 0 Å². The van der Waals surface area contributed by atoms with Gasteiger partial charge in [0.15, 0.2) is 11.0 Å². The quantitative estimate of drug-likeness (QED) is 0.223. The van der Waals surface area contributed by atoms with Gasteiger partial charge in [0.05, 0.1) is 11.3 Å². The summed E-state index contributed by atoms with van der Waals surface area (Å²) in [5, 5.41) is 11.9. The number of hydrogen-bond acceptors (Lipinski definition) is 4. The lowest BCUT2D eigenvalue weighted by atomic mass is 10.1. The summed E-state index contributed by atoms with van der Waals surface area (Å²) in [6.07, 6.45) is -3.54. The number of nitrogens with zero attached hydrogens (tertiary/aromatic N) is 3. The Kier molecular flexibility index (Phi) is 7.87. The van der Waals surface area contributed by atoms with E-state index in [1.807, 2.05) is 60.7 Å². The van der Waals surface area contributed by atoms with Gasteiger partial charge >= 0.3 is 6.18 Å². The summed E-state index contributed by atoms with van der Waals surface area (Å²) < 4.78 is 41.7. The van der Waals surface area contributed by atoms with E-state index in [4.69, 9.17) is 0 Å². The normalized spacial score (nSPS) is 11.4. The summed E-state index contributed by atoms with van der Waals surface area (Å²) in [7, 11) is 0. The number of aromatic nitrogens is 3. The standard InChI is InChI=1S/C26H23F3N4OS/c27-26(28,29)21-13-7-14-22(17-21)33-24(20-11-5-2-6-12-20)31-32-25(33)35-16-8-15-23(34)30-18-19-9-3-1-4-10-19/h1-7,9-14,17H,8,15-16,18H2,(H,30,34). The topological polar surface area (TPSA) is 59.8 Å². The van der Waals surface area contributed by atoms with Crippen molar-refractivity contribution in [3.05, 3.63) is 96.1 Å². The van der Waals surface area contributed by atoms with Crippen molar-refractivity contribution in [3.63, 3.8) is 0 Å². The van der Waals surface area contributed by atoms with Crippen molar-refractivity contribution in [3.8, 4) is 17.1 Å². The molecule has 0 aliphatic carbocycles. The molecule has 0 radical (unpaired) electrons. The number of halogens is 3. The fourth-order valence-electron chi connectivity index (χ4n) is 3.47. The van der Waals surface area contributed by atoms with Crippen molar-refractivity contribution in [2.75, 3.05) is 5.75 Å². The van der Waals surface area contributed by atoms with Crippen LogP contribution in [0.25, 0.3) is 17.1 Å². The van der Waals surface area contributed by atoms with Crippen molar-refractivity contribution in [2.24, 2.45) is 0 Å². The van der Waals surface area contributed by atoms with Crippen LogP contribution >= 0.6 is 11.8 Å². The van der Waals surface area contributed by atoms with Crippen LogP contribution in [0.4, 0.5) is 13.2 Å². The Morgan fingerprint density at radius 2 is 1.63 bits per heavy atom. The Hall–Kier alpha value is -3.59. The van der Waals surface area contributed by atoms with Gasteiger partial charge < -0.3 is 5.32 Å². The number of amides is 1. The maximum atomic E-state index is 13.3. The zero-order chi connectivity index (χ0) is 24.7. The minimum Gasteiger partial charge on any atom is -0.352 e. The zero-order valence-corrected chi connectivity index (χ0v) is 19.5. The SMILES string of the molecule is O=C(CCCSc1nnc(-c2ccccc2)n1-c1cccc(C(F)(F)F)c1)NCc1ccccc1. The van der Waals surface area contributed by atoms with Gasteiger partial charge in [-0.3, -0.25) is 9.36 Å². The molecule has 4 aromatic rings. The Bertz CT molecular complexity index is 1260. The first kappa shape index (κ1) is 24.5. The molecule has 1 N–H and O–H groups in total.